The first-order chi connectivity index (χ1) is 7.96. The van der Waals surface area contributed by atoms with Crippen LogP contribution in [0.25, 0.3) is 0 Å². The van der Waals surface area contributed by atoms with Crippen LogP contribution in [0.15, 0.2) is 12.4 Å². The van der Waals surface area contributed by atoms with Gasteiger partial charge in [0.1, 0.15) is 0 Å². The molecule has 2 N–H and O–H groups in total. The van der Waals surface area contributed by atoms with E-state index in [1.165, 1.54) is 36.8 Å². The molecule has 0 saturated heterocycles. The normalized spacial score (nSPS) is 21.1. The van der Waals surface area contributed by atoms with Gasteiger partial charge < -0.3 is 10.3 Å². The minimum Gasteiger partial charge on any atom is -0.354 e. The maximum Gasteiger partial charge on any atom is 0.0312 e. The first kappa shape index (κ1) is 12.7. The number of fused-ring (bicyclic) bond motifs is 1. The molecule has 0 aromatic carbocycles. The minimum absolute atomic E-state index is 0.267. The highest BCUT2D eigenvalue weighted by atomic mass is 14.9. The van der Waals surface area contributed by atoms with Crippen LogP contribution in [0.2, 0.25) is 0 Å². The maximum atomic E-state index is 6.23. The van der Waals surface area contributed by atoms with Crippen molar-refractivity contribution in [1.82, 2.24) is 4.57 Å². The Kier molecular flexibility index (Phi) is 3.62. The summed E-state index contributed by atoms with van der Waals surface area (Å²) in [5, 5.41) is 0. The van der Waals surface area contributed by atoms with Crippen molar-refractivity contribution in [3.05, 3.63) is 23.5 Å². The molecule has 2 rings (SSSR count). The fourth-order valence-corrected chi connectivity index (χ4v) is 2.55. The van der Waals surface area contributed by atoms with Gasteiger partial charge in [-0.05, 0) is 42.2 Å². The first-order valence-electron chi connectivity index (χ1n) is 6.90. The fourth-order valence-electron chi connectivity index (χ4n) is 2.55. The third-order valence-corrected chi connectivity index (χ3v) is 3.73. The van der Waals surface area contributed by atoms with E-state index in [-0.39, 0.29) is 6.04 Å². The molecule has 0 aliphatic heterocycles. The van der Waals surface area contributed by atoms with Crippen LogP contribution in [0, 0.1) is 5.41 Å². The molecular formula is C15H26N2. The van der Waals surface area contributed by atoms with E-state index in [0.717, 1.165) is 13.0 Å². The number of nitrogens with two attached hydrogens (primary N) is 1. The first-order valence-corrected chi connectivity index (χ1v) is 6.90. The monoisotopic (exact) mass is 234 g/mol. The largest absolute Gasteiger partial charge is 0.354 e. The van der Waals surface area contributed by atoms with Crippen LogP contribution in [0.4, 0.5) is 0 Å². The van der Waals surface area contributed by atoms with Gasteiger partial charge in [-0.15, -0.1) is 0 Å². The van der Waals surface area contributed by atoms with Crippen molar-refractivity contribution in [3.8, 4) is 0 Å². The summed E-state index contributed by atoms with van der Waals surface area (Å²) in [6, 6.07) is 0.267. The van der Waals surface area contributed by atoms with Gasteiger partial charge in [-0.25, -0.2) is 0 Å². The molecule has 0 fully saturated rings. The van der Waals surface area contributed by atoms with E-state index >= 15 is 0 Å². The summed E-state index contributed by atoms with van der Waals surface area (Å²) in [6.45, 7) is 8.01. The predicted octanol–water partition coefficient (Wildman–Crippen LogP) is 3.65. The summed E-state index contributed by atoms with van der Waals surface area (Å²) in [7, 11) is 0. The van der Waals surface area contributed by atoms with E-state index in [9.17, 15) is 0 Å². The standard InChI is InChI=1S/C15H26N2/c1-15(2,3)8-9-17-10-12-6-4-5-7-14(16)13(12)11-17/h10-11,14H,4-9,16H2,1-3H3. The number of aromatic nitrogens is 1. The van der Waals surface area contributed by atoms with E-state index in [4.69, 9.17) is 5.73 Å². The molecule has 0 saturated carbocycles. The third-order valence-electron chi connectivity index (χ3n) is 3.73. The van der Waals surface area contributed by atoms with Crippen LogP contribution in [0.1, 0.15) is 63.6 Å². The summed E-state index contributed by atoms with van der Waals surface area (Å²) < 4.78 is 2.35. The zero-order valence-corrected chi connectivity index (χ0v) is 11.5. The molecule has 1 atom stereocenters. The minimum atomic E-state index is 0.267. The summed E-state index contributed by atoms with van der Waals surface area (Å²) in [6.07, 6.45) is 10.8. The molecule has 1 aromatic rings. The van der Waals surface area contributed by atoms with Crippen molar-refractivity contribution in [2.45, 2.75) is 65.5 Å². The number of rotatable bonds is 2. The van der Waals surface area contributed by atoms with Gasteiger partial charge in [0.05, 0.1) is 0 Å². The van der Waals surface area contributed by atoms with Gasteiger partial charge in [0, 0.05) is 25.0 Å². The summed E-state index contributed by atoms with van der Waals surface area (Å²) >= 11 is 0. The van der Waals surface area contributed by atoms with Crippen molar-refractivity contribution in [2.75, 3.05) is 0 Å². The Labute approximate surface area is 105 Å². The quantitative estimate of drug-likeness (QED) is 0.778. The van der Waals surface area contributed by atoms with Gasteiger partial charge in [-0.3, -0.25) is 0 Å². The topological polar surface area (TPSA) is 30.9 Å². The Morgan fingerprint density at radius 2 is 2.06 bits per heavy atom. The summed E-state index contributed by atoms with van der Waals surface area (Å²) in [4.78, 5) is 0. The smallest absolute Gasteiger partial charge is 0.0312 e. The summed E-state index contributed by atoms with van der Waals surface area (Å²) in [5.74, 6) is 0. The lowest BCUT2D eigenvalue weighted by Crippen LogP contribution is -2.10. The van der Waals surface area contributed by atoms with E-state index in [1.54, 1.807) is 0 Å². The second-order valence-electron chi connectivity index (χ2n) is 6.64. The van der Waals surface area contributed by atoms with Crippen molar-refractivity contribution >= 4 is 0 Å². The van der Waals surface area contributed by atoms with Crippen LogP contribution in [0.3, 0.4) is 0 Å². The van der Waals surface area contributed by atoms with Gasteiger partial charge in [0.2, 0.25) is 0 Å². The molecule has 0 spiro atoms. The Morgan fingerprint density at radius 3 is 2.76 bits per heavy atom. The van der Waals surface area contributed by atoms with E-state index in [1.807, 2.05) is 0 Å². The molecule has 1 aromatic heterocycles. The molecule has 1 unspecified atom stereocenters. The number of hydrogen-bond acceptors (Lipinski definition) is 1. The van der Waals surface area contributed by atoms with Crippen molar-refractivity contribution in [3.63, 3.8) is 0 Å². The van der Waals surface area contributed by atoms with E-state index in [0.29, 0.717) is 5.41 Å². The zero-order chi connectivity index (χ0) is 12.5. The van der Waals surface area contributed by atoms with Gasteiger partial charge in [0.15, 0.2) is 0 Å². The Hall–Kier alpha value is -0.760. The van der Waals surface area contributed by atoms with E-state index < -0.39 is 0 Å². The maximum absolute atomic E-state index is 6.23. The molecule has 96 valence electrons. The zero-order valence-electron chi connectivity index (χ0n) is 11.5. The van der Waals surface area contributed by atoms with Crippen LogP contribution in [-0.2, 0) is 13.0 Å². The molecule has 2 heteroatoms. The van der Waals surface area contributed by atoms with Crippen molar-refractivity contribution < 1.29 is 0 Å². The predicted molar refractivity (Wildman–Crippen MR) is 73.0 cm³/mol. The molecule has 0 amide bonds. The Bertz CT molecular complexity index is 371. The van der Waals surface area contributed by atoms with Gasteiger partial charge >= 0.3 is 0 Å². The lowest BCUT2D eigenvalue weighted by molar-refractivity contribution is 0.350. The van der Waals surface area contributed by atoms with Gasteiger partial charge in [0.25, 0.3) is 0 Å². The highest BCUT2D eigenvalue weighted by molar-refractivity contribution is 5.28. The molecule has 0 radical (unpaired) electrons. The third kappa shape index (κ3) is 3.35. The number of hydrogen-bond donors (Lipinski definition) is 1. The molecular weight excluding hydrogens is 208 g/mol. The SMILES string of the molecule is CC(C)(C)CCn1cc2c(c1)C(N)CCCC2. The van der Waals surface area contributed by atoms with Crippen LogP contribution < -0.4 is 5.73 Å². The van der Waals surface area contributed by atoms with Crippen LogP contribution in [-0.4, -0.2) is 4.57 Å². The van der Waals surface area contributed by atoms with Crippen molar-refractivity contribution in [1.29, 1.82) is 0 Å². The van der Waals surface area contributed by atoms with Gasteiger partial charge in [-0.2, -0.15) is 0 Å². The molecule has 2 nitrogen and oxygen atoms in total. The number of aryl methyl sites for hydroxylation is 2. The highest BCUT2D eigenvalue weighted by Gasteiger charge is 2.18. The van der Waals surface area contributed by atoms with Crippen LogP contribution in [0.5, 0.6) is 0 Å². The number of nitrogens with zero attached hydrogens (tertiary/aromatic N) is 1. The molecule has 1 heterocycles. The molecule has 17 heavy (non-hydrogen) atoms. The van der Waals surface area contributed by atoms with E-state index in [2.05, 4.69) is 37.7 Å². The lowest BCUT2D eigenvalue weighted by Gasteiger charge is -2.18. The van der Waals surface area contributed by atoms with Gasteiger partial charge in [-0.1, -0.05) is 27.2 Å². The Morgan fingerprint density at radius 1 is 1.29 bits per heavy atom. The average molecular weight is 234 g/mol. The summed E-state index contributed by atoms with van der Waals surface area (Å²) in [5.41, 5.74) is 9.52. The second kappa shape index (κ2) is 4.85. The van der Waals surface area contributed by atoms with Crippen molar-refractivity contribution in [2.24, 2.45) is 11.1 Å². The lowest BCUT2D eigenvalue weighted by atomic mass is 9.92. The molecule has 0 bridgehead atoms. The molecule has 1 aliphatic rings. The fraction of sp³-hybridized carbons (Fsp3) is 0.733. The average Bonchev–Trinajstić information content (AvgIpc) is 2.57. The van der Waals surface area contributed by atoms with Crippen LogP contribution >= 0.6 is 0 Å². The second-order valence-corrected chi connectivity index (χ2v) is 6.64. The Balaban J connectivity index is 2.09. The highest BCUT2D eigenvalue weighted by Crippen LogP contribution is 2.28. The molecule has 1 aliphatic carbocycles.